The van der Waals surface area contributed by atoms with Crippen LogP contribution < -0.4 is 4.74 Å². The van der Waals surface area contributed by atoms with Crippen LogP contribution in [0.25, 0.3) is 23.4 Å². The van der Waals surface area contributed by atoms with Crippen LogP contribution in [0.3, 0.4) is 0 Å². The molecule has 132 valence electrons. The maximum atomic E-state index is 11.7. The van der Waals surface area contributed by atoms with E-state index in [4.69, 9.17) is 4.74 Å². The summed E-state index contributed by atoms with van der Waals surface area (Å²) in [5, 5.41) is 14.5. The minimum Gasteiger partial charge on any atom is -0.507 e. The van der Waals surface area contributed by atoms with Crippen molar-refractivity contribution >= 4 is 18.1 Å². The molecule has 0 atom stereocenters. The first kappa shape index (κ1) is 17.5. The Labute approximate surface area is 152 Å². The summed E-state index contributed by atoms with van der Waals surface area (Å²) in [5.41, 5.74) is 2.88. The molecule has 0 aliphatic carbocycles. The number of nitrogens with zero attached hydrogens (tertiary/aromatic N) is 2. The van der Waals surface area contributed by atoms with E-state index in [-0.39, 0.29) is 11.7 Å². The highest BCUT2D eigenvalue weighted by Gasteiger charge is 2.14. The lowest BCUT2D eigenvalue weighted by molar-refractivity contribution is 0.0921. The van der Waals surface area contributed by atoms with Crippen molar-refractivity contribution in [1.29, 1.82) is 0 Å². The molecule has 5 heteroatoms. The van der Waals surface area contributed by atoms with Gasteiger partial charge in [-0.25, -0.2) is 4.68 Å². The van der Waals surface area contributed by atoms with Gasteiger partial charge in [-0.05, 0) is 36.8 Å². The lowest BCUT2D eigenvalue weighted by atomic mass is 10.1. The average molecular weight is 348 g/mol. The Morgan fingerprint density at radius 2 is 1.88 bits per heavy atom. The Bertz CT molecular complexity index is 940. The van der Waals surface area contributed by atoms with Crippen molar-refractivity contribution in [2.24, 2.45) is 0 Å². The SMILES string of the molecule is CCOc1ccc(/C=C/c2cn(C(C)=O)nc2-c2ccccc2O)cc1. The van der Waals surface area contributed by atoms with E-state index < -0.39 is 0 Å². The van der Waals surface area contributed by atoms with Gasteiger partial charge in [0.05, 0.1) is 6.61 Å². The Balaban J connectivity index is 1.96. The molecule has 26 heavy (non-hydrogen) atoms. The van der Waals surface area contributed by atoms with Crippen molar-refractivity contribution in [3.05, 3.63) is 65.9 Å². The average Bonchev–Trinajstić information content (AvgIpc) is 3.06. The van der Waals surface area contributed by atoms with Crippen LogP contribution in [0.2, 0.25) is 0 Å². The number of benzene rings is 2. The van der Waals surface area contributed by atoms with Crippen LogP contribution in [0, 0.1) is 0 Å². The monoisotopic (exact) mass is 348 g/mol. The molecule has 0 spiro atoms. The summed E-state index contributed by atoms with van der Waals surface area (Å²) in [7, 11) is 0. The molecular formula is C21H20N2O3. The topological polar surface area (TPSA) is 64.4 Å². The first-order valence-electron chi connectivity index (χ1n) is 8.38. The van der Waals surface area contributed by atoms with Gasteiger partial charge in [0, 0.05) is 24.2 Å². The minimum atomic E-state index is -0.192. The largest absolute Gasteiger partial charge is 0.507 e. The quantitative estimate of drug-likeness (QED) is 0.738. The second-order valence-electron chi connectivity index (χ2n) is 5.75. The zero-order chi connectivity index (χ0) is 18.5. The van der Waals surface area contributed by atoms with E-state index in [0.29, 0.717) is 17.9 Å². The molecule has 0 aliphatic rings. The maximum Gasteiger partial charge on any atom is 0.243 e. The number of carbonyl (C=O) groups is 1. The number of para-hydroxylation sites is 1. The van der Waals surface area contributed by atoms with Gasteiger partial charge in [0.2, 0.25) is 5.91 Å². The van der Waals surface area contributed by atoms with Crippen molar-refractivity contribution < 1.29 is 14.6 Å². The molecule has 0 bridgehead atoms. The highest BCUT2D eigenvalue weighted by molar-refractivity contribution is 5.84. The first-order valence-corrected chi connectivity index (χ1v) is 8.38. The van der Waals surface area contributed by atoms with E-state index >= 15 is 0 Å². The summed E-state index contributed by atoms with van der Waals surface area (Å²) in [6, 6.07) is 14.7. The van der Waals surface area contributed by atoms with Gasteiger partial charge in [-0.3, -0.25) is 4.79 Å². The Hall–Kier alpha value is -3.34. The number of phenolic OH excluding ortho intramolecular Hbond substituents is 1. The van der Waals surface area contributed by atoms with Gasteiger partial charge in [0.1, 0.15) is 17.2 Å². The molecule has 0 amide bonds. The van der Waals surface area contributed by atoms with Crippen LogP contribution >= 0.6 is 0 Å². The normalized spacial score (nSPS) is 11.0. The maximum absolute atomic E-state index is 11.7. The van der Waals surface area contributed by atoms with Crippen molar-refractivity contribution in [1.82, 2.24) is 9.78 Å². The summed E-state index contributed by atoms with van der Waals surface area (Å²) in [6.07, 6.45) is 5.47. The van der Waals surface area contributed by atoms with Crippen LogP contribution in [0.1, 0.15) is 29.8 Å². The summed E-state index contributed by atoms with van der Waals surface area (Å²) in [6.45, 7) is 4.02. The fourth-order valence-corrected chi connectivity index (χ4v) is 2.58. The van der Waals surface area contributed by atoms with E-state index in [1.165, 1.54) is 11.6 Å². The van der Waals surface area contributed by atoms with Crippen LogP contribution in [0.4, 0.5) is 0 Å². The van der Waals surface area contributed by atoms with Gasteiger partial charge in [-0.2, -0.15) is 5.10 Å². The van der Waals surface area contributed by atoms with E-state index in [0.717, 1.165) is 16.9 Å². The second-order valence-corrected chi connectivity index (χ2v) is 5.75. The van der Waals surface area contributed by atoms with Gasteiger partial charge in [0.25, 0.3) is 0 Å². The smallest absolute Gasteiger partial charge is 0.243 e. The Kier molecular flexibility index (Phi) is 5.17. The first-order chi connectivity index (χ1) is 12.6. The van der Waals surface area contributed by atoms with E-state index in [9.17, 15) is 9.90 Å². The highest BCUT2D eigenvalue weighted by Crippen LogP contribution is 2.31. The van der Waals surface area contributed by atoms with Gasteiger partial charge in [-0.1, -0.05) is 36.4 Å². The van der Waals surface area contributed by atoms with E-state index in [1.807, 2.05) is 49.4 Å². The standard InChI is InChI=1S/C21H20N2O3/c1-3-26-18-12-9-16(10-13-18)8-11-17-14-23(15(2)24)22-21(17)19-6-4-5-7-20(19)25/h4-14,25H,3H2,1-2H3/b11-8+. The lowest BCUT2D eigenvalue weighted by Gasteiger charge is -2.03. The summed E-state index contributed by atoms with van der Waals surface area (Å²) in [5.74, 6) is 0.753. The lowest BCUT2D eigenvalue weighted by Crippen LogP contribution is -2.05. The van der Waals surface area contributed by atoms with Gasteiger partial charge in [-0.15, -0.1) is 0 Å². The molecular weight excluding hydrogens is 328 g/mol. The number of hydrogen-bond acceptors (Lipinski definition) is 4. The summed E-state index contributed by atoms with van der Waals surface area (Å²) < 4.78 is 6.72. The third kappa shape index (κ3) is 3.83. The van der Waals surface area contributed by atoms with Crippen LogP contribution in [0.5, 0.6) is 11.5 Å². The number of hydrogen-bond donors (Lipinski definition) is 1. The summed E-state index contributed by atoms with van der Waals surface area (Å²) in [4.78, 5) is 11.7. The van der Waals surface area contributed by atoms with Crippen LogP contribution in [0.15, 0.2) is 54.7 Å². The molecule has 2 aromatic carbocycles. The number of ether oxygens (including phenoxy) is 1. The highest BCUT2D eigenvalue weighted by atomic mass is 16.5. The van der Waals surface area contributed by atoms with Crippen LogP contribution in [-0.4, -0.2) is 27.4 Å². The molecule has 1 heterocycles. The van der Waals surface area contributed by atoms with Gasteiger partial charge < -0.3 is 9.84 Å². The molecule has 5 nitrogen and oxygen atoms in total. The number of phenols is 1. The molecule has 1 N–H and O–H groups in total. The van der Waals surface area contributed by atoms with Gasteiger partial charge in [0.15, 0.2) is 0 Å². The summed E-state index contributed by atoms with van der Waals surface area (Å²) >= 11 is 0. The molecule has 3 rings (SSSR count). The molecule has 3 aromatic rings. The Morgan fingerprint density at radius 1 is 1.15 bits per heavy atom. The third-order valence-electron chi connectivity index (χ3n) is 3.87. The van der Waals surface area contributed by atoms with Crippen molar-refractivity contribution in [3.8, 4) is 22.8 Å². The molecule has 0 radical (unpaired) electrons. The Morgan fingerprint density at radius 3 is 2.54 bits per heavy atom. The van der Waals surface area contributed by atoms with Crippen molar-refractivity contribution in [2.75, 3.05) is 6.61 Å². The predicted octanol–water partition coefficient (Wildman–Crippen LogP) is 4.48. The molecule has 0 saturated heterocycles. The zero-order valence-electron chi connectivity index (χ0n) is 14.7. The number of carbonyl (C=O) groups excluding carboxylic acids is 1. The molecule has 0 unspecified atom stereocenters. The second kappa shape index (κ2) is 7.70. The van der Waals surface area contributed by atoms with Crippen molar-refractivity contribution in [3.63, 3.8) is 0 Å². The van der Waals surface area contributed by atoms with E-state index in [2.05, 4.69) is 5.10 Å². The minimum absolute atomic E-state index is 0.122. The molecule has 0 saturated carbocycles. The predicted molar refractivity (Wildman–Crippen MR) is 102 cm³/mol. The number of aromatic nitrogens is 2. The van der Waals surface area contributed by atoms with Crippen molar-refractivity contribution in [2.45, 2.75) is 13.8 Å². The number of aromatic hydroxyl groups is 1. The van der Waals surface area contributed by atoms with Crippen LogP contribution in [-0.2, 0) is 0 Å². The fraction of sp³-hybridized carbons (Fsp3) is 0.143. The molecule has 0 aliphatic heterocycles. The molecule has 1 aromatic heterocycles. The molecule has 0 fully saturated rings. The van der Waals surface area contributed by atoms with Gasteiger partial charge >= 0.3 is 0 Å². The zero-order valence-corrected chi connectivity index (χ0v) is 14.7. The third-order valence-corrected chi connectivity index (χ3v) is 3.87. The van der Waals surface area contributed by atoms with E-state index in [1.54, 1.807) is 24.4 Å². The fourth-order valence-electron chi connectivity index (χ4n) is 2.58. The number of rotatable bonds is 5.